The first kappa shape index (κ1) is 56.5. The second-order valence-electron chi connectivity index (χ2n) is 16.7. The molecule has 1 fully saturated rings. The Kier molecular flexibility index (Phi) is 26.7. The number of ether oxygens (including phenoxy) is 3. The Morgan fingerprint density at radius 3 is 2.03 bits per heavy atom. The van der Waals surface area contributed by atoms with Gasteiger partial charge < -0.3 is 40.4 Å². The van der Waals surface area contributed by atoms with Crippen molar-refractivity contribution in [3.63, 3.8) is 0 Å². The Hall–Kier alpha value is -4.53. The van der Waals surface area contributed by atoms with Crippen LogP contribution < -0.4 is 16.4 Å². The Balaban J connectivity index is 0.00000380. The molecular weight excluding hydrogens is 801 g/mol. The maximum absolute atomic E-state index is 14.2. The van der Waals surface area contributed by atoms with Gasteiger partial charge in [-0.25, -0.2) is 4.79 Å². The Morgan fingerprint density at radius 1 is 0.873 bits per heavy atom. The van der Waals surface area contributed by atoms with E-state index in [0.29, 0.717) is 31.6 Å². The van der Waals surface area contributed by atoms with Crippen LogP contribution in [0, 0.1) is 17.8 Å². The molecule has 2 aromatic carbocycles. The number of likely N-dealkylation sites (tertiary alicyclic amines) is 1. The van der Waals surface area contributed by atoms with Gasteiger partial charge in [0, 0.05) is 46.5 Å². The number of amides is 4. The molecule has 0 saturated carbocycles. The monoisotopic (exact) mass is 883 g/mol. The van der Waals surface area contributed by atoms with Crippen LogP contribution >= 0.6 is 0 Å². The molecule has 0 radical (unpaired) electrons. The highest BCUT2D eigenvalue weighted by molar-refractivity contribution is 5.88. The molecule has 8 atom stereocenters. The first-order chi connectivity index (χ1) is 30.0. The number of carbonyl (C=O) groups excluding carboxylic acids is 5. The summed E-state index contributed by atoms with van der Waals surface area (Å²) in [5, 5.41) is 5.72. The van der Waals surface area contributed by atoms with Gasteiger partial charge in [-0.1, -0.05) is 118 Å². The molecule has 0 spiro atoms. The lowest BCUT2D eigenvalue weighted by atomic mass is 9.90. The maximum atomic E-state index is 14.2. The number of nitrogens with zero attached hydrogens (tertiary/aromatic N) is 3. The molecule has 1 aliphatic heterocycles. The summed E-state index contributed by atoms with van der Waals surface area (Å²) in [6, 6.07) is 14.6. The van der Waals surface area contributed by atoms with Crippen molar-refractivity contribution >= 4 is 35.3 Å². The number of anilines is 1. The summed E-state index contributed by atoms with van der Waals surface area (Å²) in [6.07, 6.45) is 2.27. The topological polar surface area (TPSA) is 173 Å². The van der Waals surface area contributed by atoms with E-state index in [9.17, 15) is 24.0 Å². The molecule has 4 N–H and O–H groups in total. The standard InChI is InChI=1S/C44H68N6O8.C3H8.C2H6/c1-11-29(4)40(49(7)38(52)26-46-43(54)39(28(2)3)48(6)27-32-19-15-20-33(45)23-32)36(56-8)25-37(51)50-22-16-21-35(50)41(57-9)30(5)42(53)47-34(44(55)58-10)24-31-17-13-12-14-18-31;1-3-2;1-2/h12-15,17-20,23,28-30,34-36,39-41H,11,16,21-22,24-27,45H2,1-10H3,(H,46,54)(H,47,53);3H2,1-2H3;1-2H3/t29-,30+,34-,35-,36+,39?,40?,41+;;/m0../s1. The number of nitrogens with one attached hydrogen (secondary N) is 2. The molecule has 14 heteroatoms. The highest BCUT2D eigenvalue weighted by Crippen LogP contribution is 2.29. The summed E-state index contributed by atoms with van der Waals surface area (Å²) in [7, 11) is 7.91. The number of rotatable bonds is 22. The normalized spacial score (nSPS) is 16.8. The molecule has 1 saturated heterocycles. The number of nitrogen functional groups attached to an aromatic ring is 1. The largest absolute Gasteiger partial charge is 0.467 e. The lowest BCUT2D eigenvalue weighted by Gasteiger charge is -2.39. The first-order valence-corrected chi connectivity index (χ1v) is 22.8. The van der Waals surface area contributed by atoms with Crippen molar-refractivity contribution in [2.24, 2.45) is 17.8 Å². The fourth-order valence-electron chi connectivity index (χ4n) is 8.30. The molecule has 4 amide bonds. The van der Waals surface area contributed by atoms with E-state index in [2.05, 4.69) is 24.5 Å². The van der Waals surface area contributed by atoms with Gasteiger partial charge in [0.05, 0.1) is 56.3 Å². The van der Waals surface area contributed by atoms with Gasteiger partial charge in [-0.15, -0.1) is 0 Å². The van der Waals surface area contributed by atoms with Crippen LogP contribution in [-0.2, 0) is 51.1 Å². The van der Waals surface area contributed by atoms with Crippen LogP contribution in [0.15, 0.2) is 54.6 Å². The molecule has 2 aromatic rings. The molecule has 0 aromatic heterocycles. The average molecular weight is 883 g/mol. The summed E-state index contributed by atoms with van der Waals surface area (Å²) in [5.74, 6) is -2.45. The second kappa shape index (κ2) is 29.8. The summed E-state index contributed by atoms with van der Waals surface area (Å²) in [5.41, 5.74) is 8.47. The minimum absolute atomic E-state index is 0.00525. The van der Waals surface area contributed by atoms with Crippen molar-refractivity contribution in [1.82, 2.24) is 25.3 Å². The van der Waals surface area contributed by atoms with Crippen LogP contribution in [0.5, 0.6) is 0 Å². The molecule has 0 bridgehead atoms. The van der Waals surface area contributed by atoms with E-state index in [4.69, 9.17) is 19.9 Å². The Bertz CT molecular complexity index is 1660. The minimum Gasteiger partial charge on any atom is -0.467 e. The Labute approximate surface area is 379 Å². The third kappa shape index (κ3) is 17.5. The smallest absolute Gasteiger partial charge is 0.328 e. The molecule has 63 heavy (non-hydrogen) atoms. The average Bonchev–Trinajstić information content (AvgIpc) is 3.75. The van der Waals surface area contributed by atoms with Gasteiger partial charge in [-0.3, -0.25) is 24.1 Å². The Morgan fingerprint density at radius 2 is 1.49 bits per heavy atom. The van der Waals surface area contributed by atoms with E-state index in [1.807, 2.05) is 108 Å². The van der Waals surface area contributed by atoms with Crippen LogP contribution in [0.2, 0.25) is 0 Å². The van der Waals surface area contributed by atoms with Gasteiger partial charge in [-0.2, -0.15) is 0 Å². The van der Waals surface area contributed by atoms with Gasteiger partial charge >= 0.3 is 5.97 Å². The summed E-state index contributed by atoms with van der Waals surface area (Å²) in [6.45, 7) is 18.7. The number of methoxy groups -OCH3 is 3. The van der Waals surface area contributed by atoms with E-state index >= 15 is 0 Å². The third-order valence-corrected chi connectivity index (χ3v) is 11.6. The number of nitrogens with two attached hydrogens (primary N) is 1. The van der Waals surface area contributed by atoms with Crippen molar-refractivity contribution < 1.29 is 38.2 Å². The third-order valence-electron chi connectivity index (χ3n) is 11.6. The predicted molar refractivity (Wildman–Crippen MR) is 251 cm³/mol. The van der Waals surface area contributed by atoms with Crippen molar-refractivity contribution in [2.45, 2.75) is 144 Å². The zero-order valence-electron chi connectivity index (χ0n) is 40.9. The van der Waals surface area contributed by atoms with E-state index in [-0.39, 0.29) is 54.9 Å². The van der Waals surface area contributed by atoms with Crippen LogP contribution in [0.4, 0.5) is 5.69 Å². The van der Waals surface area contributed by atoms with Crippen LogP contribution in [-0.4, -0.2) is 129 Å². The van der Waals surface area contributed by atoms with E-state index in [1.54, 1.807) is 23.8 Å². The highest BCUT2D eigenvalue weighted by atomic mass is 16.5. The van der Waals surface area contributed by atoms with Gasteiger partial charge in [0.25, 0.3) is 0 Å². The van der Waals surface area contributed by atoms with Crippen LogP contribution in [0.3, 0.4) is 0 Å². The number of benzene rings is 2. The molecule has 0 aliphatic carbocycles. The van der Waals surface area contributed by atoms with Gasteiger partial charge in [0.15, 0.2) is 0 Å². The number of hydrogen-bond donors (Lipinski definition) is 3. The van der Waals surface area contributed by atoms with Gasteiger partial charge in [0.1, 0.15) is 6.04 Å². The second-order valence-corrected chi connectivity index (χ2v) is 16.7. The number of hydrogen-bond acceptors (Lipinski definition) is 10. The summed E-state index contributed by atoms with van der Waals surface area (Å²) >= 11 is 0. The maximum Gasteiger partial charge on any atom is 0.328 e. The minimum atomic E-state index is -0.896. The predicted octanol–water partition coefficient (Wildman–Crippen LogP) is 6.10. The summed E-state index contributed by atoms with van der Waals surface area (Å²) in [4.78, 5) is 73.1. The zero-order valence-corrected chi connectivity index (χ0v) is 40.9. The van der Waals surface area contributed by atoms with Crippen LogP contribution in [0.1, 0.15) is 106 Å². The molecule has 1 aliphatic rings. The van der Waals surface area contributed by atoms with E-state index in [1.165, 1.54) is 27.8 Å². The first-order valence-electron chi connectivity index (χ1n) is 22.8. The SMILES string of the molecule is CC.CCC.CC[C@H](C)C([C@@H](CC(=O)N1CCC[C@H]1[C@H](OC)[C@@H](C)C(=O)N[C@@H](Cc1ccccc1)C(=O)OC)OC)N(C)C(=O)CNC(=O)C(C(C)C)N(C)Cc1cccc(N)c1. The van der Waals surface area contributed by atoms with Gasteiger partial charge in [0.2, 0.25) is 23.6 Å². The number of esters is 1. The zero-order chi connectivity index (χ0) is 47.8. The van der Waals surface area contributed by atoms with E-state index < -0.39 is 48.3 Å². The quantitative estimate of drug-likeness (QED) is 0.0927. The van der Waals surface area contributed by atoms with Gasteiger partial charge in [-0.05, 0) is 55.0 Å². The fourth-order valence-corrected chi connectivity index (χ4v) is 8.30. The lowest BCUT2D eigenvalue weighted by molar-refractivity contribution is -0.148. The molecule has 1 heterocycles. The van der Waals surface area contributed by atoms with Crippen molar-refractivity contribution in [1.29, 1.82) is 0 Å². The molecule has 3 rings (SSSR count). The lowest BCUT2D eigenvalue weighted by Crippen LogP contribution is -2.55. The number of carbonyl (C=O) groups is 5. The molecular formula is C49H82N6O8. The fraction of sp³-hybridized carbons (Fsp3) is 0.653. The summed E-state index contributed by atoms with van der Waals surface area (Å²) < 4.78 is 16.9. The number of likely N-dealkylation sites (N-methyl/N-ethyl adjacent to an activating group) is 2. The van der Waals surface area contributed by atoms with E-state index in [0.717, 1.165) is 17.5 Å². The highest BCUT2D eigenvalue weighted by Gasteiger charge is 2.42. The van der Waals surface area contributed by atoms with Crippen LogP contribution in [0.25, 0.3) is 0 Å². The molecule has 356 valence electrons. The van der Waals surface area contributed by atoms with Crippen molar-refractivity contribution in [3.05, 3.63) is 65.7 Å². The molecule has 2 unspecified atom stereocenters. The van der Waals surface area contributed by atoms with Crippen molar-refractivity contribution in [3.8, 4) is 0 Å². The molecule has 14 nitrogen and oxygen atoms in total. The van der Waals surface area contributed by atoms with Crippen molar-refractivity contribution in [2.75, 3.05) is 54.2 Å².